The highest BCUT2D eigenvalue weighted by Crippen LogP contribution is 1.85. The van der Waals surface area contributed by atoms with Crippen LogP contribution in [0.25, 0.3) is 0 Å². The van der Waals surface area contributed by atoms with E-state index in [1.807, 2.05) is 6.92 Å². The minimum atomic E-state index is -0.146. The fourth-order valence-electron chi connectivity index (χ4n) is 0.564. The monoisotopic (exact) mass is 124 g/mol. The molecule has 1 aromatic heterocycles. The van der Waals surface area contributed by atoms with Gasteiger partial charge in [-0.25, -0.2) is 0 Å². The Kier molecular flexibility index (Phi) is 1.63. The van der Waals surface area contributed by atoms with E-state index in [9.17, 15) is 4.79 Å². The smallest absolute Gasteiger partial charge is 0.266 e. The maximum Gasteiger partial charge on any atom is 0.266 e. The van der Waals surface area contributed by atoms with Crippen molar-refractivity contribution in [2.24, 2.45) is 0 Å². The van der Waals surface area contributed by atoms with Crippen molar-refractivity contribution in [1.82, 2.24) is 9.97 Å². The van der Waals surface area contributed by atoms with Crippen molar-refractivity contribution in [1.29, 1.82) is 0 Å². The van der Waals surface area contributed by atoms with Crippen molar-refractivity contribution >= 4 is 0 Å². The Hall–Kier alpha value is -1.12. The zero-order valence-electron chi connectivity index (χ0n) is 5.22. The molecule has 0 saturated heterocycles. The molecular formula is C6H8N2O. The van der Waals surface area contributed by atoms with Gasteiger partial charge in [-0.2, -0.15) is 0 Å². The van der Waals surface area contributed by atoms with E-state index in [2.05, 4.69) is 9.97 Å². The molecule has 3 heteroatoms. The first kappa shape index (κ1) is 6.01. The van der Waals surface area contributed by atoms with Crippen LogP contribution in [0.1, 0.15) is 12.6 Å². The van der Waals surface area contributed by atoms with E-state index in [0.717, 1.165) is 12.1 Å². The van der Waals surface area contributed by atoms with Gasteiger partial charge >= 0.3 is 0 Å². The van der Waals surface area contributed by atoms with Crippen molar-refractivity contribution in [3.8, 4) is 0 Å². The molecule has 0 bridgehead atoms. The van der Waals surface area contributed by atoms with Gasteiger partial charge in [-0.05, 0) is 6.42 Å². The van der Waals surface area contributed by atoms with Crippen LogP contribution in [0.2, 0.25) is 0 Å². The van der Waals surface area contributed by atoms with Crippen LogP contribution in [0.15, 0.2) is 17.2 Å². The van der Waals surface area contributed by atoms with Gasteiger partial charge in [0.25, 0.3) is 5.56 Å². The summed E-state index contributed by atoms with van der Waals surface area (Å²) in [7, 11) is 0. The minimum Gasteiger partial charge on any atom is -0.326 e. The third-order valence-corrected chi connectivity index (χ3v) is 1.09. The standard InChI is InChI=1S/C6H8N2O/c1-2-5-3-8-6(9)4-7-5/h3-4H,2H2,1H3,(H,8,9). The Morgan fingerprint density at radius 1 is 1.78 bits per heavy atom. The summed E-state index contributed by atoms with van der Waals surface area (Å²) in [6.07, 6.45) is 3.78. The van der Waals surface area contributed by atoms with Crippen LogP contribution < -0.4 is 5.56 Å². The Morgan fingerprint density at radius 2 is 2.56 bits per heavy atom. The number of H-pyrrole nitrogens is 1. The predicted molar refractivity (Wildman–Crippen MR) is 34.2 cm³/mol. The topological polar surface area (TPSA) is 45.8 Å². The molecule has 0 unspecified atom stereocenters. The van der Waals surface area contributed by atoms with Gasteiger partial charge in [0.15, 0.2) is 0 Å². The van der Waals surface area contributed by atoms with Crippen LogP contribution in [0, 0.1) is 0 Å². The predicted octanol–water partition coefficient (Wildman–Crippen LogP) is 0.332. The lowest BCUT2D eigenvalue weighted by atomic mass is 10.4. The van der Waals surface area contributed by atoms with Crippen LogP contribution in [0.3, 0.4) is 0 Å². The molecule has 1 aromatic rings. The fraction of sp³-hybridized carbons (Fsp3) is 0.333. The van der Waals surface area contributed by atoms with Gasteiger partial charge in [0, 0.05) is 6.20 Å². The van der Waals surface area contributed by atoms with Crippen molar-refractivity contribution in [2.45, 2.75) is 13.3 Å². The van der Waals surface area contributed by atoms with Crippen LogP contribution in [0.4, 0.5) is 0 Å². The Labute approximate surface area is 52.8 Å². The molecule has 1 heterocycles. The quantitative estimate of drug-likeness (QED) is 0.586. The van der Waals surface area contributed by atoms with E-state index < -0.39 is 0 Å². The van der Waals surface area contributed by atoms with Crippen molar-refractivity contribution in [3.05, 3.63) is 28.4 Å². The van der Waals surface area contributed by atoms with Crippen molar-refractivity contribution in [3.63, 3.8) is 0 Å². The summed E-state index contributed by atoms with van der Waals surface area (Å²) in [5.41, 5.74) is 0.766. The minimum absolute atomic E-state index is 0.146. The lowest BCUT2D eigenvalue weighted by Crippen LogP contribution is -2.05. The SMILES string of the molecule is CCc1c[nH]c(=O)cn1. The maximum atomic E-state index is 10.4. The first-order valence-corrected chi connectivity index (χ1v) is 2.86. The van der Waals surface area contributed by atoms with Gasteiger partial charge in [-0.15, -0.1) is 0 Å². The van der Waals surface area contributed by atoms with E-state index in [1.54, 1.807) is 6.20 Å². The van der Waals surface area contributed by atoms with E-state index in [0.29, 0.717) is 0 Å². The van der Waals surface area contributed by atoms with Crippen molar-refractivity contribution < 1.29 is 0 Å². The third-order valence-electron chi connectivity index (χ3n) is 1.09. The second-order valence-corrected chi connectivity index (χ2v) is 1.76. The molecule has 0 atom stereocenters. The lowest BCUT2D eigenvalue weighted by Gasteiger charge is -1.89. The number of hydrogen-bond donors (Lipinski definition) is 1. The van der Waals surface area contributed by atoms with Crippen LogP contribution in [-0.4, -0.2) is 9.97 Å². The summed E-state index contributed by atoms with van der Waals surface area (Å²) in [6.45, 7) is 1.99. The Balaban J connectivity index is 3.02. The zero-order valence-corrected chi connectivity index (χ0v) is 5.22. The highest BCUT2D eigenvalue weighted by Gasteiger charge is 1.86. The summed E-state index contributed by atoms with van der Waals surface area (Å²) in [5, 5.41) is 0. The molecule has 1 rings (SSSR count). The van der Waals surface area contributed by atoms with Crippen LogP contribution >= 0.6 is 0 Å². The Morgan fingerprint density at radius 3 is 3.00 bits per heavy atom. The molecule has 0 aliphatic rings. The molecule has 9 heavy (non-hydrogen) atoms. The molecule has 0 amide bonds. The summed E-state index contributed by atoms with van der Waals surface area (Å²) in [6, 6.07) is 0. The van der Waals surface area contributed by atoms with Gasteiger partial charge in [0.2, 0.25) is 0 Å². The van der Waals surface area contributed by atoms with Crippen LogP contribution in [-0.2, 0) is 6.42 Å². The second-order valence-electron chi connectivity index (χ2n) is 1.76. The average molecular weight is 124 g/mol. The molecule has 0 radical (unpaired) electrons. The molecule has 0 aliphatic carbocycles. The molecule has 48 valence electrons. The number of nitrogens with zero attached hydrogens (tertiary/aromatic N) is 1. The normalized spacial score (nSPS) is 9.44. The largest absolute Gasteiger partial charge is 0.326 e. The fourth-order valence-corrected chi connectivity index (χ4v) is 0.564. The number of nitrogens with one attached hydrogen (secondary N) is 1. The summed E-state index contributed by atoms with van der Waals surface area (Å²) >= 11 is 0. The molecule has 3 nitrogen and oxygen atoms in total. The van der Waals surface area contributed by atoms with Gasteiger partial charge in [0.05, 0.1) is 11.9 Å². The highest BCUT2D eigenvalue weighted by molar-refractivity contribution is 4.93. The molecule has 0 saturated carbocycles. The lowest BCUT2D eigenvalue weighted by molar-refractivity contribution is 0.981. The maximum absolute atomic E-state index is 10.4. The molecular weight excluding hydrogens is 116 g/mol. The molecule has 0 spiro atoms. The van der Waals surface area contributed by atoms with E-state index in [4.69, 9.17) is 0 Å². The first-order chi connectivity index (χ1) is 4.33. The molecule has 0 aromatic carbocycles. The summed E-state index contributed by atoms with van der Waals surface area (Å²) in [5.74, 6) is 0. The summed E-state index contributed by atoms with van der Waals surface area (Å²) in [4.78, 5) is 16.8. The first-order valence-electron chi connectivity index (χ1n) is 2.86. The van der Waals surface area contributed by atoms with Gasteiger partial charge in [-0.1, -0.05) is 6.92 Å². The number of hydrogen-bond acceptors (Lipinski definition) is 2. The summed E-state index contributed by atoms with van der Waals surface area (Å²) < 4.78 is 0. The Bertz CT molecular complexity index is 221. The number of aryl methyl sites for hydroxylation is 1. The molecule has 0 fully saturated rings. The van der Waals surface area contributed by atoms with Gasteiger partial charge in [0.1, 0.15) is 0 Å². The zero-order chi connectivity index (χ0) is 6.69. The molecule has 0 aliphatic heterocycles. The number of aromatic nitrogens is 2. The third kappa shape index (κ3) is 1.38. The van der Waals surface area contributed by atoms with Gasteiger partial charge < -0.3 is 4.98 Å². The van der Waals surface area contributed by atoms with E-state index >= 15 is 0 Å². The van der Waals surface area contributed by atoms with Crippen LogP contribution in [0.5, 0.6) is 0 Å². The van der Waals surface area contributed by atoms with Gasteiger partial charge in [-0.3, -0.25) is 9.78 Å². The number of rotatable bonds is 1. The highest BCUT2D eigenvalue weighted by atomic mass is 16.1. The van der Waals surface area contributed by atoms with E-state index in [1.165, 1.54) is 6.20 Å². The second kappa shape index (κ2) is 2.44. The van der Waals surface area contributed by atoms with E-state index in [-0.39, 0.29) is 5.56 Å². The number of aromatic amines is 1. The van der Waals surface area contributed by atoms with Crippen molar-refractivity contribution in [2.75, 3.05) is 0 Å². The average Bonchev–Trinajstić information content (AvgIpc) is 1.90. The molecule has 1 N–H and O–H groups in total.